The first-order valence-corrected chi connectivity index (χ1v) is 5.68. The Morgan fingerprint density at radius 3 is 2.50 bits per heavy atom. The highest BCUT2D eigenvalue weighted by atomic mass is 16.6. The van der Waals surface area contributed by atoms with Crippen LogP contribution in [-0.4, -0.2) is 52.7 Å². The Labute approximate surface area is 105 Å². The Balaban J connectivity index is 2.80. The Morgan fingerprint density at radius 1 is 1.44 bits per heavy atom. The van der Waals surface area contributed by atoms with E-state index in [1.807, 2.05) is 0 Å². The number of carbonyl (C=O) groups excluding carboxylic acids is 1. The molecular weight excluding hydrogens is 242 g/mol. The summed E-state index contributed by atoms with van der Waals surface area (Å²) < 4.78 is 9.96. The molecule has 2 atom stereocenters. The minimum Gasteiger partial charge on any atom is -0.479 e. The van der Waals surface area contributed by atoms with E-state index in [-0.39, 0.29) is 19.6 Å². The number of carboxylic acids is 1. The van der Waals surface area contributed by atoms with Gasteiger partial charge in [0.15, 0.2) is 5.54 Å². The van der Waals surface area contributed by atoms with Crippen LogP contribution in [0, 0.1) is 0 Å². The Bertz CT molecular complexity index is 337. The minimum absolute atomic E-state index is 0.0112. The van der Waals surface area contributed by atoms with Crippen LogP contribution in [0.2, 0.25) is 0 Å². The molecule has 0 aromatic heterocycles. The van der Waals surface area contributed by atoms with Crippen molar-refractivity contribution in [1.29, 1.82) is 0 Å². The van der Waals surface area contributed by atoms with Crippen molar-refractivity contribution in [3.05, 3.63) is 0 Å². The number of amides is 1. The maximum Gasteiger partial charge on any atom is 0.408 e. The average Bonchev–Trinajstić information content (AvgIpc) is 2.18. The fourth-order valence-electron chi connectivity index (χ4n) is 1.67. The standard InChI is InChI=1S/C11H19NO6/c1-10(2,3)18-9(16)12-11(8(14)15)4-5-17-6-7(11)13/h7,13H,4-6H2,1-3H3,(H,12,16)(H,14,15). The van der Waals surface area contributed by atoms with Gasteiger partial charge in [-0.15, -0.1) is 0 Å². The van der Waals surface area contributed by atoms with Gasteiger partial charge in [-0.2, -0.15) is 0 Å². The maximum absolute atomic E-state index is 11.6. The number of aliphatic hydroxyl groups is 1. The summed E-state index contributed by atoms with van der Waals surface area (Å²) in [5.74, 6) is -1.30. The zero-order valence-corrected chi connectivity index (χ0v) is 10.7. The van der Waals surface area contributed by atoms with E-state index in [0.717, 1.165) is 0 Å². The van der Waals surface area contributed by atoms with Crippen LogP contribution in [-0.2, 0) is 14.3 Å². The zero-order valence-electron chi connectivity index (χ0n) is 10.7. The van der Waals surface area contributed by atoms with E-state index in [2.05, 4.69) is 5.32 Å². The molecule has 1 fully saturated rings. The molecule has 104 valence electrons. The van der Waals surface area contributed by atoms with E-state index in [0.29, 0.717) is 0 Å². The molecule has 7 heteroatoms. The molecule has 0 aromatic carbocycles. The normalized spacial score (nSPS) is 28.6. The monoisotopic (exact) mass is 261 g/mol. The summed E-state index contributed by atoms with van der Waals surface area (Å²) in [5.41, 5.74) is -2.49. The van der Waals surface area contributed by atoms with Crippen LogP contribution >= 0.6 is 0 Å². The molecule has 7 nitrogen and oxygen atoms in total. The molecular formula is C11H19NO6. The van der Waals surface area contributed by atoms with Crippen molar-refractivity contribution in [2.24, 2.45) is 0 Å². The molecule has 0 saturated carbocycles. The predicted octanol–water partition coefficient (Wildman–Crippen LogP) is 0.116. The van der Waals surface area contributed by atoms with Gasteiger partial charge in [-0.3, -0.25) is 0 Å². The second-order valence-corrected chi connectivity index (χ2v) is 5.24. The lowest BCUT2D eigenvalue weighted by Crippen LogP contribution is -2.66. The highest BCUT2D eigenvalue weighted by molar-refractivity contribution is 5.85. The van der Waals surface area contributed by atoms with E-state index in [9.17, 15) is 19.8 Å². The van der Waals surface area contributed by atoms with E-state index >= 15 is 0 Å². The average molecular weight is 261 g/mol. The first-order chi connectivity index (χ1) is 8.17. The third kappa shape index (κ3) is 3.33. The van der Waals surface area contributed by atoms with Gasteiger partial charge < -0.3 is 25.0 Å². The van der Waals surface area contributed by atoms with Crippen LogP contribution in [0.1, 0.15) is 27.2 Å². The molecule has 1 amide bonds. The van der Waals surface area contributed by atoms with E-state index in [1.165, 1.54) is 0 Å². The van der Waals surface area contributed by atoms with Crippen LogP contribution in [0.3, 0.4) is 0 Å². The van der Waals surface area contributed by atoms with E-state index in [1.54, 1.807) is 20.8 Å². The largest absolute Gasteiger partial charge is 0.479 e. The van der Waals surface area contributed by atoms with Crippen LogP contribution in [0.25, 0.3) is 0 Å². The first kappa shape index (κ1) is 14.7. The molecule has 0 radical (unpaired) electrons. The second-order valence-electron chi connectivity index (χ2n) is 5.24. The summed E-state index contributed by atoms with van der Waals surface area (Å²) in [6, 6.07) is 0. The van der Waals surface area contributed by atoms with Gasteiger partial charge in [-0.25, -0.2) is 9.59 Å². The fourth-order valence-corrected chi connectivity index (χ4v) is 1.67. The first-order valence-electron chi connectivity index (χ1n) is 5.68. The Kier molecular flexibility index (Phi) is 4.18. The molecule has 18 heavy (non-hydrogen) atoms. The molecule has 2 unspecified atom stereocenters. The van der Waals surface area contributed by atoms with Crippen molar-refractivity contribution >= 4 is 12.1 Å². The quantitative estimate of drug-likeness (QED) is 0.652. The topological polar surface area (TPSA) is 105 Å². The molecule has 1 aliphatic heterocycles. The van der Waals surface area contributed by atoms with Gasteiger partial charge in [0, 0.05) is 13.0 Å². The molecule has 3 N–H and O–H groups in total. The number of carbonyl (C=O) groups is 2. The highest BCUT2D eigenvalue weighted by Crippen LogP contribution is 2.22. The van der Waals surface area contributed by atoms with Crippen molar-refractivity contribution in [1.82, 2.24) is 5.32 Å². The van der Waals surface area contributed by atoms with Crippen LogP contribution in [0.5, 0.6) is 0 Å². The van der Waals surface area contributed by atoms with Crippen LogP contribution < -0.4 is 5.32 Å². The molecule has 0 spiro atoms. The van der Waals surface area contributed by atoms with Crippen molar-refractivity contribution in [2.45, 2.75) is 44.4 Å². The number of ether oxygens (including phenoxy) is 2. The highest BCUT2D eigenvalue weighted by Gasteiger charge is 2.49. The third-order valence-corrected chi connectivity index (χ3v) is 2.59. The second kappa shape index (κ2) is 5.11. The summed E-state index contributed by atoms with van der Waals surface area (Å²) in [4.78, 5) is 22.9. The number of hydrogen-bond acceptors (Lipinski definition) is 5. The lowest BCUT2D eigenvalue weighted by molar-refractivity contribution is -0.159. The lowest BCUT2D eigenvalue weighted by atomic mass is 9.87. The Hall–Kier alpha value is -1.34. The third-order valence-electron chi connectivity index (χ3n) is 2.59. The van der Waals surface area contributed by atoms with Gasteiger partial charge in [0.05, 0.1) is 6.61 Å². The van der Waals surface area contributed by atoms with E-state index < -0.39 is 29.3 Å². The molecule has 1 saturated heterocycles. The molecule has 1 heterocycles. The van der Waals surface area contributed by atoms with Gasteiger partial charge in [0.2, 0.25) is 0 Å². The van der Waals surface area contributed by atoms with Crippen molar-refractivity contribution < 1.29 is 29.3 Å². The molecule has 0 aliphatic carbocycles. The smallest absolute Gasteiger partial charge is 0.408 e. The number of aliphatic carboxylic acids is 1. The zero-order chi connectivity index (χ0) is 14.0. The van der Waals surface area contributed by atoms with Gasteiger partial charge in [-0.05, 0) is 20.8 Å². The predicted molar refractivity (Wildman–Crippen MR) is 61.2 cm³/mol. The Morgan fingerprint density at radius 2 is 2.06 bits per heavy atom. The lowest BCUT2D eigenvalue weighted by Gasteiger charge is -2.38. The number of carboxylic acid groups (broad SMARTS) is 1. The number of hydrogen-bond donors (Lipinski definition) is 3. The van der Waals surface area contributed by atoms with E-state index in [4.69, 9.17) is 9.47 Å². The SMILES string of the molecule is CC(C)(C)OC(=O)NC1(C(=O)O)CCOCC1O. The number of alkyl carbamates (subject to hydrolysis) is 1. The number of aliphatic hydroxyl groups excluding tert-OH is 1. The number of nitrogens with one attached hydrogen (secondary N) is 1. The fraction of sp³-hybridized carbons (Fsp3) is 0.818. The summed E-state index contributed by atoms with van der Waals surface area (Å²) in [7, 11) is 0. The van der Waals surface area contributed by atoms with Crippen LogP contribution in [0.4, 0.5) is 4.79 Å². The molecule has 1 aliphatic rings. The van der Waals surface area contributed by atoms with Gasteiger partial charge in [0.25, 0.3) is 0 Å². The maximum atomic E-state index is 11.6. The van der Waals surface area contributed by atoms with Crippen molar-refractivity contribution in [3.8, 4) is 0 Å². The minimum atomic E-state index is -1.75. The van der Waals surface area contributed by atoms with Gasteiger partial charge >= 0.3 is 12.1 Å². The van der Waals surface area contributed by atoms with Gasteiger partial charge in [0.1, 0.15) is 11.7 Å². The van der Waals surface area contributed by atoms with Gasteiger partial charge in [-0.1, -0.05) is 0 Å². The summed E-state index contributed by atoms with van der Waals surface area (Å²) in [6.45, 7) is 5.02. The summed E-state index contributed by atoms with van der Waals surface area (Å²) in [6.07, 6.45) is -2.19. The van der Waals surface area contributed by atoms with Crippen molar-refractivity contribution in [2.75, 3.05) is 13.2 Å². The van der Waals surface area contributed by atoms with Crippen molar-refractivity contribution in [3.63, 3.8) is 0 Å². The molecule has 1 rings (SSSR count). The summed E-state index contributed by atoms with van der Waals surface area (Å²) in [5, 5.41) is 21.2. The molecule has 0 bridgehead atoms. The summed E-state index contributed by atoms with van der Waals surface area (Å²) >= 11 is 0. The molecule has 0 aromatic rings. The van der Waals surface area contributed by atoms with Crippen LogP contribution in [0.15, 0.2) is 0 Å². The number of rotatable bonds is 2.